The van der Waals surface area contributed by atoms with Crippen molar-refractivity contribution in [3.8, 4) is 0 Å². The topological polar surface area (TPSA) is 0 Å². The summed E-state index contributed by atoms with van der Waals surface area (Å²) in [4.78, 5) is 0. The lowest BCUT2D eigenvalue weighted by molar-refractivity contribution is 1.47. The van der Waals surface area contributed by atoms with Crippen LogP contribution in [0.4, 0.5) is 0 Å². The third kappa shape index (κ3) is 7.90. The van der Waals surface area contributed by atoms with Gasteiger partial charge in [-0.25, -0.2) is 0 Å². The van der Waals surface area contributed by atoms with Gasteiger partial charge in [0.2, 0.25) is 0 Å². The smallest absolute Gasteiger partial charge is 0.0184 e. The van der Waals surface area contributed by atoms with Crippen LogP contribution in [0, 0.1) is 0 Å². The predicted octanol–water partition coefficient (Wildman–Crippen LogP) is 10.6. The van der Waals surface area contributed by atoms with Gasteiger partial charge in [0.15, 0.2) is 0 Å². The molecule has 192 valence electrons. The lowest BCUT2D eigenvalue weighted by Gasteiger charge is -2.10. The molecular formula is C40H32. The molecule has 0 nitrogen and oxygen atoms in total. The van der Waals surface area contributed by atoms with E-state index in [2.05, 4.69) is 170 Å². The van der Waals surface area contributed by atoms with E-state index in [4.69, 9.17) is 0 Å². The molecule has 0 saturated carbocycles. The summed E-state index contributed by atoms with van der Waals surface area (Å²) in [7, 11) is 0. The van der Waals surface area contributed by atoms with Crippen LogP contribution in [0.25, 0.3) is 24.3 Å². The quantitative estimate of drug-likeness (QED) is 0.220. The molecule has 1 aliphatic rings. The molecule has 0 radical (unpaired) electrons. The van der Waals surface area contributed by atoms with Crippen LogP contribution in [0.3, 0.4) is 0 Å². The van der Waals surface area contributed by atoms with Crippen LogP contribution in [0.5, 0.6) is 0 Å². The van der Waals surface area contributed by atoms with Gasteiger partial charge in [-0.1, -0.05) is 194 Å². The first kappa shape index (κ1) is 26.4. The Labute approximate surface area is 238 Å². The Kier molecular flexibility index (Phi) is 9.30. The highest BCUT2D eigenvalue weighted by Gasteiger charge is 2.05. The second-order valence-electron chi connectivity index (χ2n) is 9.46. The predicted molar refractivity (Wildman–Crippen MR) is 174 cm³/mol. The van der Waals surface area contributed by atoms with Crippen LogP contribution >= 0.6 is 0 Å². The first-order valence-electron chi connectivity index (χ1n) is 13.6. The molecule has 0 aromatic heterocycles. The lowest BCUT2D eigenvalue weighted by atomic mass is 9.94. The van der Waals surface area contributed by atoms with Crippen molar-refractivity contribution in [2.75, 3.05) is 0 Å². The highest BCUT2D eigenvalue weighted by molar-refractivity contribution is 5.68. The van der Waals surface area contributed by atoms with E-state index < -0.39 is 0 Å². The number of benzene rings is 4. The summed E-state index contributed by atoms with van der Waals surface area (Å²) in [5, 5.41) is 0. The second kappa shape index (κ2) is 14.1. The van der Waals surface area contributed by atoms with E-state index in [0.717, 1.165) is 22.3 Å². The van der Waals surface area contributed by atoms with Gasteiger partial charge < -0.3 is 0 Å². The van der Waals surface area contributed by atoms with Gasteiger partial charge in [0, 0.05) is 0 Å². The van der Waals surface area contributed by atoms with Crippen LogP contribution in [0.2, 0.25) is 0 Å². The van der Waals surface area contributed by atoms with Crippen molar-refractivity contribution in [3.05, 3.63) is 214 Å². The molecular weight excluding hydrogens is 480 g/mol. The molecule has 0 saturated heterocycles. The molecule has 40 heavy (non-hydrogen) atoms. The Morgan fingerprint density at radius 2 is 0.425 bits per heavy atom. The average molecular weight is 513 g/mol. The van der Waals surface area contributed by atoms with Crippen LogP contribution < -0.4 is 0 Å². The minimum absolute atomic E-state index is 1.14. The summed E-state index contributed by atoms with van der Waals surface area (Å²) in [6, 6.07) is 41.7. The maximum atomic E-state index is 2.22. The monoisotopic (exact) mass is 512 g/mol. The summed E-state index contributed by atoms with van der Waals surface area (Å²) in [5.74, 6) is 0. The van der Waals surface area contributed by atoms with Crippen molar-refractivity contribution >= 4 is 24.3 Å². The van der Waals surface area contributed by atoms with Gasteiger partial charge in [0.1, 0.15) is 0 Å². The fraction of sp³-hybridized carbons (Fsp3) is 0. The van der Waals surface area contributed by atoms with E-state index in [1.807, 2.05) is 24.3 Å². The molecule has 0 bridgehead atoms. The van der Waals surface area contributed by atoms with Gasteiger partial charge in [-0.2, -0.15) is 0 Å². The van der Waals surface area contributed by atoms with Crippen molar-refractivity contribution in [2.24, 2.45) is 0 Å². The first-order chi connectivity index (χ1) is 19.8. The summed E-state index contributed by atoms with van der Waals surface area (Å²) < 4.78 is 0. The maximum absolute atomic E-state index is 2.22. The number of hydrogen-bond donors (Lipinski definition) is 0. The molecule has 0 fully saturated rings. The summed E-state index contributed by atoms with van der Waals surface area (Å²) in [5.41, 5.74) is 9.26. The summed E-state index contributed by atoms with van der Waals surface area (Å²) >= 11 is 0. The molecule has 0 atom stereocenters. The normalized spacial score (nSPS) is 19.4. The molecule has 0 heterocycles. The zero-order valence-electron chi connectivity index (χ0n) is 22.5. The van der Waals surface area contributed by atoms with Crippen LogP contribution in [-0.4, -0.2) is 0 Å². The first-order valence-corrected chi connectivity index (χ1v) is 13.6. The van der Waals surface area contributed by atoms with Crippen LogP contribution in [-0.2, 0) is 0 Å². The van der Waals surface area contributed by atoms with Gasteiger partial charge in [-0.15, -0.1) is 0 Å². The Bertz CT molecular complexity index is 1370. The van der Waals surface area contributed by atoms with Crippen molar-refractivity contribution < 1.29 is 0 Å². The highest BCUT2D eigenvalue weighted by Crippen LogP contribution is 2.25. The van der Waals surface area contributed by atoms with Crippen LogP contribution in [0.15, 0.2) is 192 Å². The van der Waals surface area contributed by atoms with Crippen molar-refractivity contribution in [1.82, 2.24) is 0 Å². The second-order valence-corrected chi connectivity index (χ2v) is 9.46. The molecule has 0 heteroatoms. The fourth-order valence-electron chi connectivity index (χ4n) is 4.35. The van der Waals surface area contributed by atoms with Gasteiger partial charge in [0.05, 0.1) is 0 Å². The van der Waals surface area contributed by atoms with E-state index in [1.165, 1.54) is 22.3 Å². The van der Waals surface area contributed by atoms with Crippen LogP contribution in [0.1, 0.15) is 22.3 Å². The summed E-state index contributed by atoms with van der Waals surface area (Å²) in [6.45, 7) is 0. The number of allylic oxidation sites excluding steroid dienone is 12. The van der Waals surface area contributed by atoms with E-state index in [0.29, 0.717) is 0 Å². The molecule has 4 aromatic carbocycles. The highest BCUT2D eigenvalue weighted by atomic mass is 14.1. The summed E-state index contributed by atoms with van der Waals surface area (Å²) in [6.07, 6.45) is 26.3. The van der Waals surface area contributed by atoms with E-state index in [-0.39, 0.29) is 0 Å². The Morgan fingerprint density at radius 3 is 0.625 bits per heavy atom. The maximum Gasteiger partial charge on any atom is -0.0184 e. The third-order valence-electron chi connectivity index (χ3n) is 6.57. The van der Waals surface area contributed by atoms with Gasteiger partial charge in [0.25, 0.3) is 0 Å². The molecule has 4 aromatic rings. The SMILES string of the molecule is C1=C(/C=C/c2ccccc2)C(\C=C\c2ccccc2)=C/C=C(/C=C/c2ccccc2)C(\C=C\c2ccccc2)=C/1. The molecule has 1 aliphatic carbocycles. The minimum atomic E-state index is 1.14. The number of hydrogen-bond acceptors (Lipinski definition) is 0. The average Bonchev–Trinajstić information content (AvgIpc) is 3.01. The molecule has 0 spiro atoms. The molecule has 0 aliphatic heterocycles. The Balaban J connectivity index is 1.56. The molecule has 5 rings (SSSR count). The fourth-order valence-corrected chi connectivity index (χ4v) is 4.35. The molecule has 0 unspecified atom stereocenters. The minimum Gasteiger partial charge on any atom is -0.0622 e. The Morgan fingerprint density at radius 1 is 0.225 bits per heavy atom. The number of rotatable bonds is 8. The van der Waals surface area contributed by atoms with Gasteiger partial charge in [-0.3, -0.25) is 0 Å². The van der Waals surface area contributed by atoms with Crippen molar-refractivity contribution in [1.29, 1.82) is 0 Å². The lowest BCUT2D eigenvalue weighted by Crippen LogP contribution is -1.91. The molecule has 0 N–H and O–H groups in total. The standard InChI is InChI=1S/C40H32/c1-5-13-33(14-6-1)21-25-37-29-30-39(27-23-35-17-9-3-10-18-35)40(28-24-36-19-11-4-12-20-36)32-31-38(37)26-22-34-15-7-2-8-16-34/h1-32H/b25-21+,26-22+,27-23+,28-24+,30-29?,32-31?,37-29-,38-31-,38-37?,39-30-,40-32-,40-39?. The van der Waals surface area contributed by atoms with E-state index >= 15 is 0 Å². The Hall–Kier alpha value is -5.20. The van der Waals surface area contributed by atoms with Crippen molar-refractivity contribution in [3.63, 3.8) is 0 Å². The largest absolute Gasteiger partial charge is 0.0622 e. The zero-order chi connectivity index (χ0) is 27.2. The van der Waals surface area contributed by atoms with Gasteiger partial charge >= 0.3 is 0 Å². The van der Waals surface area contributed by atoms with Crippen molar-refractivity contribution in [2.45, 2.75) is 0 Å². The van der Waals surface area contributed by atoms with Gasteiger partial charge in [-0.05, 0) is 44.5 Å². The van der Waals surface area contributed by atoms with E-state index in [1.54, 1.807) is 0 Å². The van der Waals surface area contributed by atoms with E-state index in [9.17, 15) is 0 Å². The zero-order valence-corrected chi connectivity index (χ0v) is 22.5. The molecule has 0 amide bonds. The third-order valence-corrected chi connectivity index (χ3v) is 6.57.